The number of nitrogens with zero attached hydrogens (tertiary/aromatic N) is 5. The molecule has 114 heavy (non-hydrogen) atoms. The van der Waals surface area contributed by atoms with Crippen molar-refractivity contribution in [3.05, 3.63) is 219 Å². The Kier molecular flexibility index (Phi) is 26.2. The molecule has 4 aliphatic heterocycles. The third-order valence-corrected chi connectivity index (χ3v) is 22.7. The summed E-state index contributed by atoms with van der Waals surface area (Å²) in [5.41, 5.74) is 4.93. The van der Waals surface area contributed by atoms with Gasteiger partial charge >= 0.3 is 6.18 Å². The minimum absolute atomic E-state index is 0.0136. The molecule has 19 nitrogen and oxygen atoms in total. The fourth-order valence-electron chi connectivity index (χ4n) is 16.5. The summed E-state index contributed by atoms with van der Waals surface area (Å²) in [6.07, 6.45) is 15.6. The number of rotatable bonds is 21. The molecule has 16 rings (SSSR count). The quantitative estimate of drug-likeness (QED) is 0.0374. The second-order valence-corrected chi connectivity index (χ2v) is 30.3. The number of nitro benzene ring substituents is 1. The fourth-order valence-corrected chi connectivity index (χ4v) is 16.5. The lowest BCUT2D eigenvalue weighted by atomic mass is 9.98. The van der Waals surface area contributed by atoms with Gasteiger partial charge in [0, 0.05) is 98.7 Å². The number of ether oxygens (including phenoxy) is 8. The van der Waals surface area contributed by atoms with Gasteiger partial charge in [-0.25, -0.2) is 13.2 Å². The Morgan fingerprint density at radius 2 is 0.649 bits per heavy atom. The largest absolute Gasteiger partial charge is 0.493 e. The van der Waals surface area contributed by atoms with Crippen molar-refractivity contribution < 1.29 is 88.3 Å². The van der Waals surface area contributed by atoms with Gasteiger partial charge in [-0.1, -0.05) is 30.3 Å². The first-order chi connectivity index (χ1) is 55.1. The summed E-state index contributed by atoms with van der Waals surface area (Å²) < 4.78 is 125. The molecule has 0 bridgehead atoms. The average molecular weight is 1570 g/mol. The highest BCUT2D eigenvalue weighted by Crippen LogP contribution is 2.45. The Morgan fingerprint density at radius 3 is 0.956 bits per heavy atom. The van der Waals surface area contributed by atoms with E-state index in [1.807, 2.05) is 72.8 Å². The summed E-state index contributed by atoms with van der Waals surface area (Å²) in [5, 5.41) is 11.0. The number of carbonyl (C=O) groups excluding carboxylic acids is 4. The van der Waals surface area contributed by atoms with Crippen LogP contribution in [0, 0.1) is 27.6 Å². The predicted octanol–water partition coefficient (Wildman–Crippen LogP) is 19.5. The zero-order valence-corrected chi connectivity index (χ0v) is 64.4. The molecule has 4 amide bonds. The van der Waals surface area contributed by atoms with Crippen LogP contribution in [0.2, 0.25) is 0 Å². The molecule has 8 fully saturated rings. The van der Waals surface area contributed by atoms with Gasteiger partial charge in [-0.15, -0.1) is 0 Å². The number of halogens is 6. The standard InChI is InChI=1S/C23H24F3NO3.C22H23FN2O5.2C22H24FNO3/c1-29-20-11-6-15(12-21(20)30-19-4-2-3-5-19)16-13-22(28)27(14-16)18-9-7-17(8-10-18)23(24,25)26;1-29-20-7-6-14(8-21(20)30-19-4-2-3-5-19)15-9-22(26)24(13-15)17-10-16(23)11-18(12-17)25(27)28;1-26-20-10-9-15(11-21(20)27-19-7-2-3-8-19)16-12-22(25)24(14-16)18-6-4-5-17(23)13-18;1-26-20-11-6-15(12-21(20)27-19-4-2-3-5-19)16-13-22(25)24(14-16)18-9-7-17(23)8-10-18/h6-12,16,19H,2-5,13-14H2,1H3;6-8,10-12,15,19H,2-5,9,13H2,1H3;4-6,9-11,13,16,19H,2-3,7-8,12,14H2,1H3;6-12,16,19H,2-5,13-14H2,1H3/t16-;15-;2*16-/m1111/s1. The van der Waals surface area contributed by atoms with Gasteiger partial charge in [0.1, 0.15) is 17.5 Å². The van der Waals surface area contributed by atoms with E-state index in [2.05, 4.69) is 0 Å². The summed E-state index contributed by atoms with van der Waals surface area (Å²) in [6.45, 7) is 1.85. The second-order valence-electron chi connectivity index (χ2n) is 30.3. The molecule has 4 aliphatic carbocycles. The van der Waals surface area contributed by atoms with E-state index in [0.29, 0.717) is 79.8 Å². The molecule has 8 aliphatic rings. The molecule has 8 aromatic rings. The van der Waals surface area contributed by atoms with Gasteiger partial charge in [-0.3, -0.25) is 29.3 Å². The number of hydrogen-bond acceptors (Lipinski definition) is 14. The number of hydrogen-bond donors (Lipinski definition) is 0. The van der Waals surface area contributed by atoms with E-state index in [1.165, 1.54) is 73.0 Å². The zero-order valence-electron chi connectivity index (χ0n) is 64.4. The molecule has 0 unspecified atom stereocenters. The van der Waals surface area contributed by atoms with Gasteiger partial charge in [0.15, 0.2) is 46.0 Å². The third-order valence-electron chi connectivity index (χ3n) is 22.7. The topological polar surface area (TPSA) is 198 Å². The molecule has 602 valence electrons. The fraction of sp³-hybridized carbons (Fsp3) is 0.416. The van der Waals surface area contributed by atoms with Crippen molar-refractivity contribution in [2.45, 2.75) is 183 Å². The van der Waals surface area contributed by atoms with Crippen LogP contribution in [0.15, 0.2) is 164 Å². The smallest absolute Gasteiger partial charge is 0.416 e. The van der Waals surface area contributed by atoms with E-state index in [1.54, 1.807) is 67.4 Å². The Bertz CT molecular complexity index is 4700. The lowest BCUT2D eigenvalue weighted by Crippen LogP contribution is -2.24. The van der Waals surface area contributed by atoms with E-state index in [9.17, 15) is 55.6 Å². The van der Waals surface area contributed by atoms with Gasteiger partial charge in [-0.2, -0.15) is 13.2 Å². The number of nitro groups is 1. The van der Waals surface area contributed by atoms with Crippen molar-refractivity contribution >= 4 is 52.1 Å². The predicted molar refractivity (Wildman–Crippen MR) is 420 cm³/mol. The molecule has 4 atom stereocenters. The van der Waals surface area contributed by atoms with Gasteiger partial charge < -0.3 is 57.5 Å². The highest BCUT2D eigenvalue weighted by atomic mass is 19.4. The second kappa shape index (κ2) is 36.9. The minimum atomic E-state index is -4.39. The van der Waals surface area contributed by atoms with Crippen molar-refractivity contribution in [1.82, 2.24) is 0 Å². The molecule has 8 aromatic carbocycles. The van der Waals surface area contributed by atoms with Crippen LogP contribution in [0.5, 0.6) is 46.0 Å². The Morgan fingerprint density at radius 1 is 0.342 bits per heavy atom. The maximum atomic E-state index is 13.8. The monoisotopic (exact) mass is 1570 g/mol. The maximum absolute atomic E-state index is 13.8. The van der Waals surface area contributed by atoms with Crippen LogP contribution < -0.4 is 57.5 Å². The van der Waals surface area contributed by atoms with Gasteiger partial charge in [0.05, 0.1) is 75.1 Å². The number of benzene rings is 8. The number of amides is 4. The SMILES string of the molecule is COc1ccc([C@@H]2CC(=O)N(c3cc(F)cc([N+](=O)[O-])c3)C2)cc1OC1CCCC1.COc1ccc([C@@H]2CC(=O)N(c3ccc(C(F)(F)F)cc3)C2)cc1OC1CCCC1.COc1ccc([C@@H]2CC(=O)N(c3ccc(F)cc3)C2)cc1OC1CCCC1.COc1ccc([C@@H]2CC(=O)N(c3cccc(F)c3)C2)cc1OC1CCCC1. The molecule has 0 aromatic heterocycles. The van der Waals surface area contributed by atoms with Crippen molar-refractivity contribution in [2.75, 3.05) is 74.2 Å². The summed E-state index contributed by atoms with van der Waals surface area (Å²) in [5.74, 6) is 3.95. The van der Waals surface area contributed by atoms with Crippen molar-refractivity contribution in [1.29, 1.82) is 0 Å². The van der Waals surface area contributed by atoms with E-state index in [4.69, 9.17) is 37.9 Å². The average Bonchev–Trinajstić information content (AvgIpc) is 1.66. The summed E-state index contributed by atoms with van der Waals surface area (Å²) in [4.78, 5) is 66.9. The van der Waals surface area contributed by atoms with Gasteiger partial charge in [0.2, 0.25) is 23.6 Å². The summed E-state index contributed by atoms with van der Waals surface area (Å²) in [7, 11) is 6.48. The van der Waals surface area contributed by atoms with Gasteiger partial charge in [-0.05, 0) is 246 Å². The summed E-state index contributed by atoms with van der Waals surface area (Å²) in [6, 6.07) is 43.4. The zero-order chi connectivity index (χ0) is 80.2. The van der Waals surface area contributed by atoms with E-state index in [-0.39, 0.29) is 101 Å². The first-order valence-corrected chi connectivity index (χ1v) is 39.3. The van der Waals surface area contributed by atoms with Crippen LogP contribution >= 0.6 is 0 Å². The van der Waals surface area contributed by atoms with Crippen LogP contribution in [-0.4, -0.2) is 108 Å². The molecular formula is C89H95F6N5O14. The molecule has 4 saturated heterocycles. The van der Waals surface area contributed by atoms with Crippen molar-refractivity contribution in [3.63, 3.8) is 0 Å². The van der Waals surface area contributed by atoms with E-state index < -0.39 is 22.5 Å². The Balaban J connectivity index is 0.000000133. The lowest BCUT2D eigenvalue weighted by molar-refractivity contribution is -0.385. The number of carbonyl (C=O) groups is 4. The Labute approximate surface area is 659 Å². The van der Waals surface area contributed by atoms with Crippen molar-refractivity contribution in [2.24, 2.45) is 0 Å². The van der Waals surface area contributed by atoms with Crippen molar-refractivity contribution in [3.8, 4) is 46.0 Å². The maximum Gasteiger partial charge on any atom is 0.416 e. The third kappa shape index (κ3) is 20.0. The first-order valence-electron chi connectivity index (χ1n) is 39.3. The molecule has 0 N–H and O–H groups in total. The van der Waals surface area contributed by atoms with Gasteiger partial charge in [0.25, 0.3) is 5.69 Å². The van der Waals surface area contributed by atoms with Crippen LogP contribution in [-0.2, 0) is 25.4 Å². The first kappa shape index (κ1) is 81.0. The molecule has 4 saturated carbocycles. The number of non-ortho nitro benzene ring substituents is 1. The highest BCUT2D eigenvalue weighted by Gasteiger charge is 2.39. The highest BCUT2D eigenvalue weighted by molar-refractivity contribution is 5.99. The van der Waals surface area contributed by atoms with E-state index >= 15 is 0 Å². The molecule has 0 spiro atoms. The number of methoxy groups -OCH3 is 4. The van der Waals surface area contributed by atoms with Crippen LogP contribution in [0.25, 0.3) is 0 Å². The van der Waals surface area contributed by atoms with E-state index in [0.717, 1.165) is 152 Å². The number of alkyl halides is 3. The van der Waals surface area contributed by atoms with Crippen LogP contribution in [0.1, 0.15) is 180 Å². The molecular weight excluding hydrogens is 1480 g/mol. The molecule has 4 heterocycles. The molecule has 25 heteroatoms. The van der Waals surface area contributed by atoms with Crippen LogP contribution in [0.4, 0.5) is 54.8 Å². The Hall–Kier alpha value is -11.0. The lowest BCUT2D eigenvalue weighted by Gasteiger charge is -2.20. The normalized spacial score (nSPS) is 20.0. The van der Waals surface area contributed by atoms with Crippen LogP contribution in [0.3, 0.4) is 0 Å². The summed E-state index contributed by atoms with van der Waals surface area (Å²) >= 11 is 0. The molecule has 0 radical (unpaired) electrons. The number of anilines is 4. The minimum Gasteiger partial charge on any atom is -0.493 e.